The normalized spacial score (nSPS) is 11.0. The van der Waals surface area contributed by atoms with Gasteiger partial charge in [-0.2, -0.15) is 0 Å². The van der Waals surface area contributed by atoms with Crippen LogP contribution in [-0.2, 0) is 13.5 Å². The van der Waals surface area contributed by atoms with Crippen molar-refractivity contribution in [3.8, 4) is 0 Å². The van der Waals surface area contributed by atoms with Crippen LogP contribution >= 0.6 is 0 Å². The minimum atomic E-state index is 0.551. The summed E-state index contributed by atoms with van der Waals surface area (Å²) in [5.41, 5.74) is 8.38. The van der Waals surface area contributed by atoms with Crippen LogP contribution in [0.2, 0.25) is 0 Å². The zero-order chi connectivity index (χ0) is 13.2. The lowest BCUT2D eigenvalue weighted by molar-refractivity contribution is 0.316. The number of hydrogen-bond acceptors (Lipinski definition) is 7. The van der Waals surface area contributed by atoms with E-state index in [4.69, 9.17) is 10.4 Å². The van der Waals surface area contributed by atoms with Gasteiger partial charge in [-0.05, 0) is 22.4 Å². The second-order valence-electron chi connectivity index (χ2n) is 4.20. The van der Waals surface area contributed by atoms with Gasteiger partial charge in [0.25, 0.3) is 0 Å². The SMILES string of the molecule is Cn1cnnc1CCNc1ccc(N)c2nonc12. The predicted octanol–water partition coefficient (Wildman–Crippen LogP) is 0.588. The number of aromatic nitrogens is 5. The number of nitrogens with zero attached hydrogens (tertiary/aromatic N) is 5. The van der Waals surface area contributed by atoms with Crippen molar-refractivity contribution in [3.05, 3.63) is 24.3 Å². The first-order valence-electron chi connectivity index (χ1n) is 5.83. The smallest absolute Gasteiger partial charge is 0.160 e. The summed E-state index contributed by atoms with van der Waals surface area (Å²) in [6.45, 7) is 0.707. The van der Waals surface area contributed by atoms with E-state index < -0.39 is 0 Å². The topological polar surface area (TPSA) is 108 Å². The first-order valence-corrected chi connectivity index (χ1v) is 5.83. The Morgan fingerprint density at radius 2 is 2.16 bits per heavy atom. The number of fused-ring (bicyclic) bond motifs is 1. The molecule has 0 unspecified atom stereocenters. The molecule has 2 heterocycles. The van der Waals surface area contributed by atoms with E-state index in [1.54, 1.807) is 12.4 Å². The number of rotatable bonds is 4. The van der Waals surface area contributed by atoms with Crippen LogP contribution in [0.25, 0.3) is 11.0 Å². The monoisotopic (exact) mass is 259 g/mol. The van der Waals surface area contributed by atoms with Crippen molar-refractivity contribution < 1.29 is 4.63 Å². The molecule has 0 fully saturated rings. The van der Waals surface area contributed by atoms with E-state index in [9.17, 15) is 0 Å². The molecule has 3 aromatic rings. The van der Waals surface area contributed by atoms with Crippen molar-refractivity contribution in [2.24, 2.45) is 7.05 Å². The van der Waals surface area contributed by atoms with Gasteiger partial charge in [-0.25, -0.2) is 4.63 Å². The van der Waals surface area contributed by atoms with Crippen molar-refractivity contribution in [3.63, 3.8) is 0 Å². The first kappa shape index (κ1) is 11.5. The van der Waals surface area contributed by atoms with Crippen LogP contribution in [0.3, 0.4) is 0 Å². The van der Waals surface area contributed by atoms with E-state index in [2.05, 4.69) is 25.8 Å². The van der Waals surface area contributed by atoms with Crippen molar-refractivity contribution >= 4 is 22.4 Å². The molecule has 0 amide bonds. The molecular weight excluding hydrogens is 246 g/mol. The number of benzene rings is 1. The van der Waals surface area contributed by atoms with Crippen LogP contribution in [0.1, 0.15) is 5.82 Å². The minimum absolute atomic E-state index is 0.551. The Hall–Kier alpha value is -2.64. The zero-order valence-corrected chi connectivity index (χ0v) is 10.4. The molecule has 8 nitrogen and oxygen atoms in total. The number of anilines is 2. The van der Waals surface area contributed by atoms with E-state index in [-0.39, 0.29) is 0 Å². The third kappa shape index (κ3) is 2.07. The second kappa shape index (κ2) is 4.56. The van der Waals surface area contributed by atoms with Gasteiger partial charge >= 0.3 is 0 Å². The molecule has 8 heteroatoms. The summed E-state index contributed by atoms with van der Waals surface area (Å²) in [5, 5.41) is 18.7. The minimum Gasteiger partial charge on any atom is -0.397 e. The molecule has 0 atom stereocenters. The maximum Gasteiger partial charge on any atom is 0.160 e. The largest absolute Gasteiger partial charge is 0.397 e. The van der Waals surface area contributed by atoms with E-state index in [1.807, 2.05) is 17.7 Å². The number of aryl methyl sites for hydroxylation is 1. The Bertz CT molecular complexity index is 702. The van der Waals surface area contributed by atoms with Crippen molar-refractivity contribution in [2.75, 3.05) is 17.6 Å². The molecule has 0 bridgehead atoms. The number of nitrogens with two attached hydrogens (primary N) is 1. The van der Waals surface area contributed by atoms with Gasteiger partial charge in [-0.15, -0.1) is 10.2 Å². The highest BCUT2D eigenvalue weighted by Gasteiger charge is 2.09. The number of nitrogens with one attached hydrogen (secondary N) is 1. The van der Waals surface area contributed by atoms with Gasteiger partial charge in [0, 0.05) is 20.0 Å². The third-order valence-corrected chi connectivity index (χ3v) is 2.92. The molecule has 0 saturated heterocycles. The molecule has 19 heavy (non-hydrogen) atoms. The van der Waals surface area contributed by atoms with Crippen LogP contribution in [0.15, 0.2) is 23.1 Å². The molecule has 98 valence electrons. The zero-order valence-electron chi connectivity index (χ0n) is 10.4. The highest BCUT2D eigenvalue weighted by Crippen LogP contribution is 2.24. The van der Waals surface area contributed by atoms with E-state index in [0.717, 1.165) is 17.9 Å². The van der Waals surface area contributed by atoms with Gasteiger partial charge in [0.15, 0.2) is 11.0 Å². The molecule has 1 aromatic carbocycles. The maximum absolute atomic E-state index is 5.78. The van der Waals surface area contributed by atoms with Crippen LogP contribution in [0, 0.1) is 0 Å². The maximum atomic E-state index is 5.78. The average Bonchev–Trinajstić information content (AvgIpc) is 3.02. The molecule has 2 aromatic heterocycles. The summed E-state index contributed by atoms with van der Waals surface area (Å²) in [7, 11) is 1.91. The van der Waals surface area contributed by atoms with Crippen LogP contribution in [-0.4, -0.2) is 31.6 Å². The summed E-state index contributed by atoms with van der Waals surface area (Å²) in [4.78, 5) is 0. The Morgan fingerprint density at radius 1 is 1.32 bits per heavy atom. The van der Waals surface area contributed by atoms with Gasteiger partial charge in [-0.3, -0.25) is 0 Å². The van der Waals surface area contributed by atoms with Crippen LogP contribution in [0.5, 0.6) is 0 Å². The van der Waals surface area contributed by atoms with E-state index in [1.165, 1.54) is 0 Å². The summed E-state index contributed by atoms with van der Waals surface area (Å²) in [5.74, 6) is 0.914. The fraction of sp³-hybridized carbons (Fsp3) is 0.273. The Labute approximate surface area is 108 Å². The molecule has 0 radical (unpaired) electrons. The molecule has 3 rings (SSSR count). The Balaban J connectivity index is 1.74. The summed E-state index contributed by atoms with van der Waals surface area (Å²) in [6.07, 6.45) is 2.44. The molecule has 0 saturated carbocycles. The molecule has 0 aliphatic rings. The van der Waals surface area contributed by atoms with Crippen molar-refractivity contribution in [1.29, 1.82) is 0 Å². The molecular formula is C11H13N7O. The second-order valence-corrected chi connectivity index (χ2v) is 4.20. The lowest BCUT2D eigenvalue weighted by atomic mass is 10.2. The summed E-state index contributed by atoms with van der Waals surface area (Å²) in [6, 6.07) is 3.63. The highest BCUT2D eigenvalue weighted by atomic mass is 16.6. The van der Waals surface area contributed by atoms with Gasteiger partial charge in [0.1, 0.15) is 12.2 Å². The van der Waals surface area contributed by atoms with Crippen molar-refractivity contribution in [1.82, 2.24) is 25.1 Å². The predicted molar refractivity (Wildman–Crippen MR) is 69.4 cm³/mol. The Kier molecular flexibility index (Phi) is 2.75. The highest BCUT2D eigenvalue weighted by molar-refractivity contribution is 5.94. The van der Waals surface area contributed by atoms with Gasteiger partial charge < -0.3 is 15.6 Å². The summed E-state index contributed by atoms with van der Waals surface area (Å²) >= 11 is 0. The van der Waals surface area contributed by atoms with Crippen LogP contribution in [0.4, 0.5) is 11.4 Å². The van der Waals surface area contributed by atoms with Crippen molar-refractivity contribution in [2.45, 2.75) is 6.42 Å². The fourth-order valence-electron chi connectivity index (χ4n) is 1.87. The molecule has 0 aliphatic heterocycles. The van der Waals surface area contributed by atoms with Crippen LogP contribution < -0.4 is 11.1 Å². The quantitative estimate of drug-likeness (QED) is 0.660. The molecule has 3 N–H and O–H groups in total. The first-order chi connectivity index (χ1) is 9.25. The van der Waals surface area contributed by atoms with Gasteiger partial charge in [0.05, 0.1) is 11.4 Å². The average molecular weight is 259 g/mol. The molecule has 0 aliphatic carbocycles. The number of nitrogen functional groups attached to an aromatic ring is 1. The lowest BCUT2D eigenvalue weighted by Gasteiger charge is -2.06. The number of hydrogen-bond donors (Lipinski definition) is 2. The van der Waals surface area contributed by atoms with Gasteiger partial charge in [0.2, 0.25) is 0 Å². The fourth-order valence-corrected chi connectivity index (χ4v) is 1.87. The van der Waals surface area contributed by atoms with E-state index >= 15 is 0 Å². The molecule has 0 spiro atoms. The third-order valence-electron chi connectivity index (χ3n) is 2.92. The Morgan fingerprint density at radius 3 is 2.95 bits per heavy atom. The summed E-state index contributed by atoms with van der Waals surface area (Å²) < 4.78 is 6.60. The standard InChI is InChI=1S/C11H13N7O/c1-18-6-14-15-9(18)4-5-13-8-3-2-7(12)10-11(8)17-19-16-10/h2-3,6,13H,4-5,12H2,1H3. The van der Waals surface area contributed by atoms with E-state index in [0.29, 0.717) is 23.3 Å². The van der Waals surface area contributed by atoms with Gasteiger partial charge in [-0.1, -0.05) is 0 Å². The lowest BCUT2D eigenvalue weighted by Crippen LogP contribution is -2.09.